The lowest BCUT2D eigenvalue weighted by molar-refractivity contribution is -0.137. The highest BCUT2D eigenvalue weighted by molar-refractivity contribution is 5.37. The minimum Gasteiger partial charge on any atom is -0.497 e. The second-order valence-electron chi connectivity index (χ2n) is 4.40. The van der Waals surface area contributed by atoms with E-state index >= 15 is 0 Å². The molecule has 2 nitrogen and oxygen atoms in total. The highest BCUT2D eigenvalue weighted by atomic mass is 19.4. The summed E-state index contributed by atoms with van der Waals surface area (Å²) >= 11 is 0. The van der Waals surface area contributed by atoms with Gasteiger partial charge >= 0.3 is 6.18 Å². The molecule has 102 valence electrons. The Bertz CT molecular complexity index is 404. The van der Waals surface area contributed by atoms with Crippen molar-refractivity contribution in [2.45, 2.75) is 32.5 Å². The van der Waals surface area contributed by atoms with Gasteiger partial charge in [-0.25, -0.2) is 0 Å². The van der Waals surface area contributed by atoms with Gasteiger partial charge in [0.1, 0.15) is 5.75 Å². The molecule has 0 heterocycles. The fourth-order valence-electron chi connectivity index (χ4n) is 1.68. The summed E-state index contributed by atoms with van der Waals surface area (Å²) in [7, 11) is 1.34. The molecular formula is C13H18F3NO. The quantitative estimate of drug-likeness (QED) is 0.895. The van der Waals surface area contributed by atoms with E-state index in [0.29, 0.717) is 5.56 Å². The summed E-state index contributed by atoms with van der Waals surface area (Å²) in [6.07, 6.45) is -3.59. The number of hydrogen-bond acceptors (Lipinski definition) is 2. The molecule has 0 spiro atoms. The molecule has 0 saturated heterocycles. The first-order valence-corrected chi connectivity index (χ1v) is 5.81. The van der Waals surface area contributed by atoms with Crippen molar-refractivity contribution in [2.24, 2.45) is 11.7 Å². The molecule has 2 atom stereocenters. The molecule has 1 aromatic rings. The van der Waals surface area contributed by atoms with E-state index in [4.69, 9.17) is 10.5 Å². The number of nitrogens with two attached hydrogens (primary N) is 1. The molecule has 0 amide bonds. The van der Waals surface area contributed by atoms with Gasteiger partial charge in [-0.2, -0.15) is 13.2 Å². The summed E-state index contributed by atoms with van der Waals surface area (Å²) in [6.45, 7) is 3.87. The second-order valence-corrected chi connectivity index (χ2v) is 4.40. The maximum atomic E-state index is 12.7. The average molecular weight is 261 g/mol. The summed E-state index contributed by atoms with van der Waals surface area (Å²) in [5.74, 6) is 0.289. The van der Waals surface area contributed by atoms with E-state index in [1.165, 1.54) is 7.11 Å². The van der Waals surface area contributed by atoms with Crippen LogP contribution in [0, 0.1) is 5.92 Å². The van der Waals surface area contributed by atoms with Gasteiger partial charge in [0, 0.05) is 6.04 Å². The van der Waals surface area contributed by atoms with Crippen LogP contribution in [0.2, 0.25) is 0 Å². The Morgan fingerprint density at radius 3 is 2.33 bits per heavy atom. The van der Waals surface area contributed by atoms with Crippen molar-refractivity contribution in [3.63, 3.8) is 0 Å². The van der Waals surface area contributed by atoms with Gasteiger partial charge in [-0.3, -0.25) is 0 Å². The van der Waals surface area contributed by atoms with E-state index < -0.39 is 17.8 Å². The fourth-order valence-corrected chi connectivity index (χ4v) is 1.68. The van der Waals surface area contributed by atoms with Crippen molar-refractivity contribution in [1.29, 1.82) is 0 Å². The predicted octanol–water partition coefficient (Wildman–Crippen LogP) is 3.76. The van der Waals surface area contributed by atoms with Gasteiger partial charge < -0.3 is 10.5 Å². The van der Waals surface area contributed by atoms with Crippen LogP contribution in [-0.4, -0.2) is 7.11 Å². The number of ether oxygens (including phenoxy) is 1. The van der Waals surface area contributed by atoms with E-state index in [2.05, 4.69) is 0 Å². The Labute approximate surface area is 105 Å². The van der Waals surface area contributed by atoms with E-state index in [0.717, 1.165) is 18.6 Å². The molecular weight excluding hydrogens is 243 g/mol. The number of rotatable bonds is 4. The first-order valence-electron chi connectivity index (χ1n) is 5.81. The molecule has 0 fully saturated rings. The molecule has 0 bridgehead atoms. The molecule has 1 aromatic carbocycles. The zero-order chi connectivity index (χ0) is 13.9. The maximum absolute atomic E-state index is 12.7. The highest BCUT2D eigenvalue weighted by Gasteiger charge is 2.32. The third kappa shape index (κ3) is 3.38. The van der Waals surface area contributed by atoms with Crippen molar-refractivity contribution >= 4 is 0 Å². The zero-order valence-electron chi connectivity index (χ0n) is 10.7. The van der Waals surface area contributed by atoms with Crippen LogP contribution < -0.4 is 10.5 Å². The molecule has 2 N–H and O–H groups in total. The Morgan fingerprint density at radius 2 is 1.89 bits per heavy atom. The van der Waals surface area contributed by atoms with Crippen molar-refractivity contribution in [3.8, 4) is 5.75 Å². The first kappa shape index (κ1) is 14.8. The van der Waals surface area contributed by atoms with Crippen LogP contribution in [0.1, 0.15) is 37.4 Å². The van der Waals surface area contributed by atoms with Crippen LogP contribution in [0.15, 0.2) is 18.2 Å². The molecule has 0 aliphatic heterocycles. The average Bonchev–Trinajstić information content (AvgIpc) is 2.35. The van der Waals surface area contributed by atoms with Crippen molar-refractivity contribution < 1.29 is 17.9 Å². The molecule has 18 heavy (non-hydrogen) atoms. The lowest BCUT2D eigenvalue weighted by atomic mass is 9.92. The number of hydrogen-bond donors (Lipinski definition) is 1. The Balaban J connectivity index is 3.20. The topological polar surface area (TPSA) is 35.2 Å². The molecule has 0 aliphatic carbocycles. The fraction of sp³-hybridized carbons (Fsp3) is 0.538. The van der Waals surface area contributed by atoms with Crippen LogP contribution in [0.5, 0.6) is 5.75 Å². The van der Waals surface area contributed by atoms with Gasteiger partial charge in [-0.05, 0) is 29.7 Å². The number of methoxy groups -OCH3 is 1. The van der Waals surface area contributed by atoms with Gasteiger partial charge in [0.15, 0.2) is 0 Å². The van der Waals surface area contributed by atoms with Crippen molar-refractivity contribution in [2.75, 3.05) is 7.11 Å². The SMILES string of the molecule is CCC(C)[C@H](N)c1cc(OC)cc(C(F)(F)F)c1. The molecule has 5 heteroatoms. The van der Waals surface area contributed by atoms with Crippen LogP contribution in [0.3, 0.4) is 0 Å². The summed E-state index contributed by atoms with van der Waals surface area (Å²) in [4.78, 5) is 0. The summed E-state index contributed by atoms with van der Waals surface area (Å²) in [5, 5.41) is 0. The number of benzene rings is 1. The Hall–Kier alpha value is -1.23. The first-order chi connectivity index (χ1) is 8.29. The number of halogens is 3. The minimum atomic E-state index is -4.39. The zero-order valence-corrected chi connectivity index (χ0v) is 10.7. The van der Waals surface area contributed by atoms with E-state index in [1.807, 2.05) is 13.8 Å². The van der Waals surface area contributed by atoms with E-state index in [9.17, 15) is 13.2 Å². The van der Waals surface area contributed by atoms with Crippen molar-refractivity contribution in [3.05, 3.63) is 29.3 Å². The van der Waals surface area contributed by atoms with E-state index in [1.54, 1.807) is 6.07 Å². The summed E-state index contributed by atoms with van der Waals surface area (Å²) in [6, 6.07) is 3.21. The maximum Gasteiger partial charge on any atom is 0.416 e. The largest absolute Gasteiger partial charge is 0.497 e. The van der Waals surface area contributed by atoms with Gasteiger partial charge in [0.25, 0.3) is 0 Å². The summed E-state index contributed by atoms with van der Waals surface area (Å²) < 4.78 is 43.1. The van der Waals surface area contributed by atoms with Crippen LogP contribution in [0.25, 0.3) is 0 Å². The smallest absolute Gasteiger partial charge is 0.416 e. The normalized spacial score (nSPS) is 15.3. The third-order valence-corrected chi connectivity index (χ3v) is 3.13. The Kier molecular flexibility index (Phi) is 4.62. The lowest BCUT2D eigenvalue weighted by Gasteiger charge is -2.20. The molecule has 0 aliphatic rings. The standard InChI is InChI=1S/C13H18F3NO/c1-4-8(2)12(17)9-5-10(13(14,15)16)7-11(6-9)18-3/h5-8,12H,4,17H2,1-3H3/t8?,12-/m0/s1. The van der Waals surface area contributed by atoms with Gasteiger partial charge in [0.2, 0.25) is 0 Å². The second kappa shape index (κ2) is 5.61. The van der Waals surface area contributed by atoms with Crippen LogP contribution in [0.4, 0.5) is 13.2 Å². The van der Waals surface area contributed by atoms with Gasteiger partial charge in [-0.15, -0.1) is 0 Å². The predicted molar refractivity (Wildman–Crippen MR) is 64.4 cm³/mol. The molecule has 0 aromatic heterocycles. The van der Waals surface area contributed by atoms with Crippen molar-refractivity contribution in [1.82, 2.24) is 0 Å². The minimum absolute atomic E-state index is 0.109. The van der Waals surface area contributed by atoms with Crippen LogP contribution >= 0.6 is 0 Å². The Morgan fingerprint density at radius 1 is 1.28 bits per heavy atom. The monoisotopic (exact) mass is 261 g/mol. The molecule has 0 saturated carbocycles. The molecule has 1 rings (SSSR count). The molecule has 1 unspecified atom stereocenters. The molecule has 0 radical (unpaired) electrons. The highest BCUT2D eigenvalue weighted by Crippen LogP contribution is 2.35. The van der Waals surface area contributed by atoms with Gasteiger partial charge in [-0.1, -0.05) is 20.3 Å². The van der Waals surface area contributed by atoms with Gasteiger partial charge in [0.05, 0.1) is 12.7 Å². The third-order valence-electron chi connectivity index (χ3n) is 3.13. The van der Waals surface area contributed by atoms with E-state index in [-0.39, 0.29) is 11.7 Å². The lowest BCUT2D eigenvalue weighted by Crippen LogP contribution is -2.19. The summed E-state index contributed by atoms with van der Waals surface area (Å²) in [5.41, 5.74) is 5.69. The number of alkyl halides is 3. The van der Waals surface area contributed by atoms with Crippen LogP contribution in [-0.2, 0) is 6.18 Å².